The number of ether oxygens (including phenoxy) is 1. The third-order valence-electron chi connectivity index (χ3n) is 3.54. The van der Waals surface area contributed by atoms with E-state index < -0.39 is 33.9 Å². The van der Waals surface area contributed by atoms with Gasteiger partial charge in [-0.15, -0.1) is 11.8 Å². The number of thioether (sulfide) groups is 1. The number of nitro benzene ring substituents is 1. The van der Waals surface area contributed by atoms with Crippen LogP contribution in [0, 0.1) is 21.7 Å². The molecule has 0 aliphatic rings. The van der Waals surface area contributed by atoms with Crippen molar-refractivity contribution in [2.75, 3.05) is 18.2 Å². The quantitative estimate of drug-likeness (QED) is 0.508. The predicted molar refractivity (Wildman–Crippen MR) is 99.3 cm³/mol. The highest BCUT2D eigenvalue weighted by molar-refractivity contribution is 7.99. The number of rotatable bonds is 8. The first-order chi connectivity index (χ1) is 13.2. The minimum absolute atomic E-state index is 0.109. The van der Waals surface area contributed by atoms with Gasteiger partial charge < -0.3 is 15.8 Å². The van der Waals surface area contributed by atoms with Crippen molar-refractivity contribution in [3.8, 4) is 5.75 Å². The van der Waals surface area contributed by atoms with Gasteiger partial charge in [-0.25, -0.2) is 8.78 Å². The molecule has 0 atom stereocenters. The van der Waals surface area contributed by atoms with Crippen molar-refractivity contribution >= 4 is 35.0 Å². The summed E-state index contributed by atoms with van der Waals surface area (Å²) in [5.74, 6) is -3.59. The lowest BCUT2D eigenvalue weighted by Gasteiger charge is -2.09. The highest BCUT2D eigenvalue weighted by atomic mass is 32.2. The Hall–Kier alpha value is -3.21. The largest absolute Gasteiger partial charge is 0.490 e. The molecule has 0 radical (unpaired) electrons. The van der Waals surface area contributed by atoms with Crippen LogP contribution in [-0.2, 0) is 10.5 Å². The fraction of sp³-hybridized carbons (Fsp3) is 0.176. The van der Waals surface area contributed by atoms with E-state index in [1.807, 2.05) is 0 Å². The Labute approximate surface area is 162 Å². The molecular formula is C17H15F2N3O5S. The summed E-state index contributed by atoms with van der Waals surface area (Å²) in [7, 11) is 1.32. The number of methoxy groups -OCH3 is 1. The van der Waals surface area contributed by atoms with Gasteiger partial charge in [-0.2, -0.15) is 0 Å². The third-order valence-corrected chi connectivity index (χ3v) is 4.54. The lowest BCUT2D eigenvalue weighted by molar-refractivity contribution is -0.385. The molecule has 8 nitrogen and oxygen atoms in total. The number of carbonyl (C=O) groups is 2. The Bertz CT molecular complexity index is 939. The standard InChI is InChI=1S/C17H15F2N3O5S/c1-27-15-3-2-9(4-14(15)22(25)26)7-28-8-16(23)21-13-5-10(17(20)24)11(18)6-12(13)19/h2-6H,7-8H2,1H3,(H2,20,24)(H,21,23). The summed E-state index contributed by atoms with van der Waals surface area (Å²) in [4.78, 5) is 33.5. The molecule has 0 aliphatic heterocycles. The normalized spacial score (nSPS) is 10.4. The maximum absolute atomic E-state index is 13.7. The van der Waals surface area contributed by atoms with Gasteiger partial charge in [0.05, 0.1) is 29.0 Å². The summed E-state index contributed by atoms with van der Waals surface area (Å²) in [6, 6.07) is 5.69. The van der Waals surface area contributed by atoms with Gasteiger partial charge in [0.15, 0.2) is 5.75 Å². The van der Waals surface area contributed by atoms with Crippen molar-refractivity contribution in [2.24, 2.45) is 5.73 Å². The monoisotopic (exact) mass is 411 g/mol. The summed E-state index contributed by atoms with van der Waals surface area (Å²) >= 11 is 1.12. The molecule has 2 amide bonds. The number of nitro groups is 1. The lowest BCUT2D eigenvalue weighted by atomic mass is 10.1. The second-order valence-corrected chi connectivity index (χ2v) is 6.47. The van der Waals surface area contributed by atoms with Crippen molar-refractivity contribution in [1.82, 2.24) is 0 Å². The van der Waals surface area contributed by atoms with E-state index in [2.05, 4.69) is 5.32 Å². The predicted octanol–water partition coefficient (Wildman–Crippen LogP) is 2.85. The molecule has 2 aromatic rings. The molecule has 2 aromatic carbocycles. The van der Waals surface area contributed by atoms with Gasteiger partial charge in [0.25, 0.3) is 5.91 Å². The molecule has 0 heterocycles. The van der Waals surface area contributed by atoms with Crippen molar-refractivity contribution in [3.05, 3.63) is 63.2 Å². The smallest absolute Gasteiger partial charge is 0.311 e. The van der Waals surface area contributed by atoms with Crippen molar-refractivity contribution in [2.45, 2.75) is 5.75 Å². The number of hydrogen-bond acceptors (Lipinski definition) is 6. The molecular weight excluding hydrogens is 396 g/mol. The molecule has 0 saturated heterocycles. The van der Waals surface area contributed by atoms with Gasteiger partial charge in [0.2, 0.25) is 5.91 Å². The molecule has 2 rings (SSSR count). The van der Waals surface area contributed by atoms with E-state index in [9.17, 15) is 28.5 Å². The van der Waals surface area contributed by atoms with E-state index in [0.717, 1.165) is 17.8 Å². The topological polar surface area (TPSA) is 125 Å². The van der Waals surface area contributed by atoms with Crippen molar-refractivity contribution in [1.29, 1.82) is 0 Å². The minimum atomic E-state index is -1.13. The molecule has 11 heteroatoms. The van der Waals surface area contributed by atoms with Crippen LogP contribution in [0.5, 0.6) is 5.75 Å². The van der Waals surface area contributed by atoms with Gasteiger partial charge in [0, 0.05) is 17.9 Å². The van der Waals surface area contributed by atoms with E-state index in [-0.39, 0.29) is 28.6 Å². The molecule has 0 fully saturated rings. The fourth-order valence-electron chi connectivity index (χ4n) is 2.25. The zero-order valence-electron chi connectivity index (χ0n) is 14.5. The first-order valence-electron chi connectivity index (χ1n) is 7.70. The average Bonchev–Trinajstić information content (AvgIpc) is 2.63. The third kappa shape index (κ3) is 5.16. The number of nitrogens with zero attached hydrogens (tertiary/aromatic N) is 1. The van der Waals surface area contributed by atoms with E-state index in [1.54, 1.807) is 6.07 Å². The number of amides is 2. The summed E-state index contributed by atoms with van der Waals surface area (Å²) in [6.45, 7) is 0. The van der Waals surface area contributed by atoms with Crippen molar-refractivity contribution < 1.29 is 28.0 Å². The number of benzene rings is 2. The van der Waals surface area contributed by atoms with Gasteiger partial charge in [-0.1, -0.05) is 6.07 Å². The first-order valence-corrected chi connectivity index (χ1v) is 8.86. The summed E-state index contributed by atoms with van der Waals surface area (Å²) < 4.78 is 32.1. The maximum Gasteiger partial charge on any atom is 0.311 e. The van der Waals surface area contributed by atoms with Crippen LogP contribution in [0.4, 0.5) is 20.2 Å². The number of halogens is 2. The Kier molecular flexibility index (Phi) is 6.88. The Morgan fingerprint density at radius 3 is 2.57 bits per heavy atom. The van der Waals surface area contributed by atoms with Gasteiger partial charge in [-0.05, 0) is 17.7 Å². The average molecular weight is 411 g/mol. The zero-order chi connectivity index (χ0) is 20.8. The highest BCUT2D eigenvalue weighted by Gasteiger charge is 2.17. The van der Waals surface area contributed by atoms with Crippen LogP contribution in [0.2, 0.25) is 0 Å². The molecule has 0 aromatic heterocycles. The van der Waals surface area contributed by atoms with Crippen LogP contribution in [0.1, 0.15) is 15.9 Å². The second kappa shape index (κ2) is 9.13. The Balaban J connectivity index is 1.99. The summed E-state index contributed by atoms with van der Waals surface area (Å²) in [5, 5.41) is 13.2. The number of primary amides is 1. The van der Waals surface area contributed by atoms with Crippen LogP contribution >= 0.6 is 11.8 Å². The molecule has 148 valence electrons. The van der Waals surface area contributed by atoms with Crippen LogP contribution in [0.15, 0.2) is 30.3 Å². The fourth-order valence-corrected chi connectivity index (χ4v) is 3.02. The van der Waals surface area contributed by atoms with Gasteiger partial charge in [-0.3, -0.25) is 19.7 Å². The number of carbonyl (C=O) groups excluding carboxylic acids is 2. The number of anilines is 1. The molecule has 0 unspecified atom stereocenters. The Morgan fingerprint density at radius 1 is 1.25 bits per heavy atom. The minimum Gasteiger partial charge on any atom is -0.490 e. The van der Waals surface area contributed by atoms with Gasteiger partial charge in [0.1, 0.15) is 11.6 Å². The van der Waals surface area contributed by atoms with Gasteiger partial charge >= 0.3 is 5.69 Å². The van der Waals surface area contributed by atoms with Crippen LogP contribution in [-0.4, -0.2) is 29.6 Å². The highest BCUT2D eigenvalue weighted by Crippen LogP contribution is 2.29. The summed E-state index contributed by atoms with van der Waals surface area (Å²) in [5.41, 5.74) is 4.46. The van der Waals surface area contributed by atoms with E-state index in [4.69, 9.17) is 10.5 Å². The van der Waals surface area contributed by atoms with Crippen LogP contribution in [0.3, 0.4) is 0 Å². The van der Waals surface area contributed by atoms with E-state index >= 15 is 0 Å². The molecule has 3 N–H and O–H groups in total. The molecule has 0 spiro atoms. The number of hydrogen-bond donors (Lipinski definition) is 2. The molecule has 0 aliphatic carbocycles. The zero-order valence-corrected chi connectivity index (χ0v) is 15.3. The molecule has 0 bridgehead atoms. The second-order valence-electron chi connectivity index (χ2n) is 5.48. The lowest BCUT2D eigenvalue weighted by Crippen LogP contribution is -2.18. The number of nitrogens with one attached hydrogen (secondary N) is 1. The SMILES string of the molecule is COc1ccc(CSCC(=O)Nc2cc(C(N)=O)c(F)cc2F)cc1[N+](=O)[O-]. The molecule has 28 heavy (non-hydrogen) atoms. The van der Waals surface area contributed by atoms with E-state index in [0.29, 0.717) is 11.6 Å². The summed E-state index contributed by atoms with van der Waals surface area (Å²) in [6.07, 6.45) is 0. The van der Waals surface area contributed by atoms with E-state index in [1.165, 1.54) is 19.2 Å². The van der Waals surface area contributed by atoms with Crippen molar-refractivity contribution in [3.63, 3.8) is 0 Å². The van der Waals surface area contributed by atoms with Crippen LogP contribution < -0.4 is 15.8 Å². The number of nitrogens with two attached hydrogens (primary N) is 1. The Morgan fingerprint density at radius 2 is 1.96 bits per heavy atom. The van der Waals surface area contributed by atoms with Crippen LogP contribution in [0.25, 0.3) is 0 Å². The molecule has 0 saturated carbocycles. The maximum atomic E-state index is 13.7. The first kappa shape index (κ1) is 21.1.